The fourth-order valence-electron chi connectivity index (χ4n) is 0.934. The SMILES string of the molecule is CSC(CO)C(C)NS(=O)(=O)C(C)(C)C. The zero-order chi connectivity index (χ0) is 12.3. The summed E-state index contributed by atoms with van der Waals surface area (Å²) in [5, 5.41) is 8.93. The molecule has 0 saturated carbocycles. The Morgan fingerprint density at radius 1 is 1.40 bits per heavy atom. The van der Waals surface area contributed by atoms with Gasteiger partial charge in [-0.15, -0.1) is 0 Å². The molecule has 0 bridgehead atoms. The molecule has 0 aliphatic heterocycles. The first kappa shape index (κ1) is 15.2. The van der Waals surface area contributed by atoms with Gasteiger partial charge in [0.25, 0.3) is 0 Å². The zero-order valence-electron chi connectivity index (χ0n) is 9.94. The molecule has 2 atom stereocenters. The van der Waals surface area contributed by atoms with Crippen LogP contribution >= 0.6 is 11.8 Å². The highest BCUT2D eigenvalue weighted by Crippen LogP contribution is 2.17. The zero-order valence-corrected chi connectivity index (χ0v) is 11.6. The fourth-order valence-corrected chi connectivity index (χ4v) is 2.65. The minimum absolute atomic E-state index is 0.0327. The summed E-state index contributed by atoms with van der Waals surface area (Å²) in [7, 11) is -3.34. The summed E-state index contributed by atoms with van der Waals surface area (Å²) >= 11 is 1.45. The van der Waals surface area contributed by atoms with Crippen LogP contribution in [0.4, 0.5) is 0 Å². The molecule has 0 fully saturated rings. The van der Waals surface area contributed by atoms with Crippen molar-refractivity contribution in [3.05, 3.63) is 0 Å². The number of aliphatic hydroxyl groups is 1. The topological polar surface area (TPSA) is 66.4 Å². The van der Waals surface area contributed by atoms with Crippen LogP contribution in [0, 0.1) is 0 Å². The molecule has 0 amide bonds. The van der Waals surface area contributed by atoms with Gasteiger partial charge in [0.05, 0.1) is 11.4 Å². The van der Waals surface area contributed by atoms with Crippen molar-refractivity contribution in [2.24, 2.45) is 0 Å². The van der Waals surface area contributed by atoms with Crippen molar-refractivity contribution < 1.29 is 13.5 Å². The molecule has 0 saturated heterocycles. The van der Waals surface area contributed by atoms with E-state index in [1.165, 1.54) is 11.8 Å². The molecule has 0 aliphatic carbocycles. The van der Waals surface area contributed by atoms with Crippen LogP contribution in [0.5, 0.6) is 0 Å². The molecule has 0 radical (unpaired) electrons. The van der Waals surface area contributed by atoms with E-state index < -0.39 is 14.8 Å². The van der Waals surface area contributed by atoms with Gasteiger partial charge in [-0.2, -0.15) is 11.8 Å². The second kappa shape index (κ2) is 5.52. The van der Waals surface area contributed by atoms with Gasteiger partial charge in [-0.25, -0.2) is 13.1 Å². The summed E-state index contributed by atoms with van der Waals surface area (Å²) in [5.41, 5.74) is 0. The van der Waals surface area contributed by atoms with E-state index in [2.05, 4.69) is 4.72 Å². The van der Waals surface area contributed by atoms with Crippen molar-refractivity contribution in [3.63, 3.8) is 0 Å². The first-order valence-electron chi connectivity index (χ1n) is 4.81. The van der Waals surface area contributed by atoms with Crippen molar-refractivity contribution in [1.82, 2.24) is 4.72 Å². The molecule has 4 nitrogen and oxygen atoms in total. The second-order valence-electron chi connectivity index (χ2n) is 4.48. The molecule has 0 aromatic rings. The Kier molecular flexibility index (Phi) is 5.60. The quantitative estimate of drug-likeness (QED) is 0.763. The molecule has 2 N–H and O–H groups in total. The second-order valence-corrected chi connectivity index (χ2v) is 8.02. The number of nitrogens with one attached hydrogen (secondary N) is 1. The highest BCUT2D eigenvalue weighted by molar-refractivity contribution is 7.99. The third-order valence-electron chi connectivity index (χ3n) is 2.19. The smallest absolute Gasteiger partial charge is 0.216 e. The average molecular weight is 255 g/mol. The van der Waals surface area contributed by atoms with Gasteiger partial charge >= 0.3 is 0 Å². The monoisotopic (exact) mass is 255 g/mol. The summed E-state index contributed by atoms with van der Waals surface area (Å²) in [6.07, 6.45) is 1.85. The van der Waals surface area contributed by atoms with Gasteiger partial charge in [0, 0.05) is 11.3 Å². The van der Waals surface area contributed by atoms with Crippen LogP contribution in [0.15, 0.2) is 0 Å². The third-order valence-corrected chi connectivity index (χ3v) is 5.64. The largest absolute Gasteiger partial charge is 0.395 e. The molecule has 0 aliphatic rings. The lowest BCUT2D eigenvalue weighted by atomic mass is 10.2. The van der Waals surface area contributed by atoms with Crippen LogP contribution < -0.4 is 4.72 Å². The van der Waals surface area contributed by atoms with Gasteiger partial charge in [-0.1, -0.05) is 0 Å². The maximum Gasteiger partial charge on any atom is 0.216 e. The predicted molar refractivity (Wildman–Crippen MR) is 65.7 cm³/mol. The molecular weight excluding hydrogens is 234 g/mol. The Balaban J connectivity index is 4.61. The van der Waals surface area contributed by atoms with E-state index >= 15 is 0 Å². The first-order chi connectivity index (χ1) is 6.65. The van der Waals surface area contributed by atoms with Gasteiger partial charge in [-0.3, -0.25) is 0 Å². The molecular formula is C9H21NO3S2. The fraction of sp³-hybridized carbons (Fsp3) is 1.00. The maximum absolute atomic E-state index is 11.8. The van der Waals surface area contributed by atoms with Gasteiger partial charge in [0.15, 0.2) is 0 Å². The van der Waals surface area contributed by atoms with Crippen LogP contribution in [-0.2, 0) is 10.0 Å². The van der Waals surface area contributed by atoms with Crippen LogP contribution in [0.2, 0.25) is 0 Å². The summed E-state index contributed by atoms with van der Waals surface area (Å²) in [4.78, 5) is 0. The number of rotatable bonds is 5. The Morgan fingerprint density at radius 3 is 2.13 bits per heavy atom. The molecule has 6 heteroatoms. The minimum Gasteiger partial charge on any atom is -0.395 e. The van der Waals surface area contributed by atoms with E-state index in [4.69, 9.17) is 5.11 Å². The normalized spacial score (nSPS) is 17.5. The number of hydrogen-bond acceptors (Lipinski definition) is 4. The van der Waals surface area contributed by atoms with Crippen molar-refractivity contribution in [2.45, 2.75) is 43.7 Å². The Hall–Kier alpha value is 0.220. The first-order valence-corrected chi connectivity index (χ1v) is 7.58. The third kappa shape index (κ3) is 4.30. The van der Waals surface area contributed by atoms with Crippen molar-refractivity contribution >= 4 is 21.8 Å². The number of thioether (sulfide) groups is 1. The standard InChI is InChI=1S/C9H21NO3S2/c1-7(8(6-11)14-5)10-15(12,13)9(2,3)4/h7-8,10-11H,6H2,1-5H3. The predicted octanol–water partition coefficient (Wildman–Crippen LogP) is 0.817. The van der Waals surface area contributed by atoms with E-state index in [0.717, 1.165) is 0 Å². The van der Waals surface area contributed by atoms with Gasteiger partial charge < -0.3 is 5.11 Å². The van der Waals surface area contributed by atoms with Crippen LogP contribution in [0.3, 0.4) is 0 Å². The highest BCUT2D eigenvalue weighted by atomic mass is 32.2. The van der Waals surface area contributed by atoms with Gasteiger partial charge in [0.1, 0.15) is 0 Å². The van der Waals surface area contributed by atoms with Crippen LogP contribution in [-0.4, -0.2) is 42.4 Å². The van der Waals surface area contributed by atoms with Crippen molar-refractivity contribution in [1.29, 1.82) is 0 Å². The van der Waals surface area contributed by atoms with E-state index in [-0.39, 0.29) is 17.9 Å². The molecule has 0 heterocycles. The van der Waals surface area contributed by atoms with Crippen molar-refractivity contribution in [2.75, 3.05) is 12.9 Å². The molecule has 0 aromatic heterocycles. The summed E-state index contributed by atoms with van der Waals surface area (Å²) < 4.78 is 25.4. The Labute approximate surface area is 96.9 Å². The average Bonchev–Trinajstić information content (AvgIpc) is 2.03. The lowest BCUT2D eigenvalue weighted by molar-refractivity contribution is 0.282. The summed E-state index contributed by atoms with van der Waals surface area (Å²) in [6.45, 7) is 6.68. The van der Waals surface area contributed by atoms with E-state index in [9.17, 15) is 8.42 Å². The van der Waals surface area contributed by atoms with E-state index in [1.54, 1.807) is 27.7 Å². The molecule has 0 rings (SSSR count). The molecule has 0 aromatic carbocycles. The van der Waals surface area contributed by atoms with Crippen LogP contribution in [0.25, 0.3) is 0 Å². The highest BCUT2D eigenvalue weighted by Gasteiger charge is 2.31. The summed E-state index contributed by atoms with van der Waals surface area (Å²) in [6, 6.07) is -0.269. The minimum atomic E-state index is -3.34. The molecule has 92 valence electrons. The molecule has 0 spiro atoms. The lowest BCUT2D eigenvalue weighted by Crippen LogP contribution is -2.47. The van der Waals surface area contributed by atoms with E-state index in [1.807, 2.05) is 6.26 Å². The number of aliphatic hydroxyl groups excluding tert-OH is 1. The molecule has 2 unspecified atom stereocenters. The van der Waals surface area contributed by atoms with Crippen LogP contribution in [0.1, 0.15) is 27.7 Å². The van der Waals surface area contributed by atoms with Gasteiger partial charge in [-0.05, 0) is 34.0 Å². The number of hydrogen-bond donors (Lipinski definition) is 2. The Bertz CT molecular complexity index is 278. The lowest BCUT2D eigenvalue weighted by Gasteiger charge is -2.26. The summed E-state index contributed by atoms with van der Waals surface area (Å²) in [5.74, 6) is 0. The molecule has 15 heavy (non-hydrogen) atoms. The van der Waals surface area contributed by atoms with Gasteiger partial charge in [0.2, 0.25) is 10.0 Å². The number of sulfonamides is 1. The van der Waals surface area contributed by atoms with E-state index in [0.29, 0.717) is 0 Å². The van der Waals surface area contributed by atoms with Crippen molar-refractivity contribution in [3.8, 4) is 0 Å². The Morgan fingerprint density at radius 2 is 1.87 bits per heavy atom. The maximum atomic E-state index is 11.8.